The summed E-state index contributed by atoms with van der Waals surface area (Å²) < 4.78 is 8.63. The third-order valence-corrected chi connectivity index (χ3v) is 4.81. The Balaban J connectivity index is 1.73. The zero-order valence-corrected chi connectivity index (χ0v) is 14.9. The van der Waals surface area contributed by atoms with E-state index in [-0.39, 0.29) is 0 Å². The summed E-state index contributed by atoms with van der Waals surface area (Å²) in [6, 6.07) is 12.1. The van der Waals surface area contributed by atoms with Gasteiger partial charge in [0.25, 0.3) is 0 Å². The second kappa shape index (κ2) is 6.57. The first-order chi connectivity index (χ1) is 12.2. The summed E-state index contributed by atoms with van der Waals surface area (Å²) in [7, 11) is 1.91. The molecular weight excluding hydrogens is 332 g/mol. The zero-order valence-electron chi connectivity index (χ0n) is 14.1. The summed E-state index contributed by atoms with van der Waals surface area (Å²) in [5.41, 5.74) is 4.81. The van der Waals surface area contributed by atoms with Gasteiger partial charge in [0, 0.05) is 24.2 Å². The highest BCUT2D eigenvalue weighted by molar-refractivity contribution is 7.17. The van der Waals surface area contributed by atoms with E-state index in [4.69, 9.17) is 9.72 Å². The number of thiophene rings is 1. The molecule has 6 heteroatoms. The second-order valence-electron chi connectivity index (χ2n) is 5.65. The van der Waals surface area contributed by atoms with Crippen LogP contribution in [-0.2, 0) is 7.05 Å². The van der Waals surface area contributed by atoms with Crippen LogP contribution >= 0.6 is 11.3 Å². The van der Waals surface area contributed by atoms with Gasteiger partial charge in [-0.15, -0.1) is 11.3 Å². The fourth-order valence-electron chi connectivity index (χ4n) is 2.71. The Labute approximate surface area is 149 Å². The zero-order chi connectivity index (χ0) is 17.2. The van der Waals surface area contributed by atoms with Crippen LogP contribution in [0.2, 0.25) is 0 Å². The van der Waals surface area contributed by atoms with Crippen molar-refractivity contribution < 1.29 is 4.74 Å². The Kier molecular flexibility index (Phi) is 4.11. The van der Waals surface area contributed by atoms with Crippen LogP contribution in [0.4, 0.5) is 11.4 Å². The molecule has 0 spiro atoms. The van der Waals surface area contributed by atoms with Crippen molar-refractivity contribution in [2.45, 2.75) is 6.92 Å². The van der Waals surface area contributed by atoms with Gasteiger partial charge in [-0.1, -0.05) is 12.1 Å². The maximum absolute atomic E-state index is 5.70. The molecule has 0 unspecified atom stereocenters. The molecule has 0 radical (unpaired) electrons. The van der Waals surface area contributed by atoms with Crippen molar-refractivity contribution in [3.05, 3.63) is 54.2 Å². The molecular formula is C19H18N4OS. The number of aryl methyl sites for hydroxylation is 1. The first kappa shape index (κ1) is 15.7. The first-order valence-corrected chi connectivity index (χ1v) is 8.98. The molecule has 4 aromatic rings. The van der Waals surface area contributed by atoms with E-state index in [0.29, 0.717) is 6.61 Å². The topological polar surface area (TPSA) is 52.0 Å². The van der Waals surface area contributed by atoms with Gasteiger partial charge in [0.2, 0.25) is 0 Å². The highest BCUT2D eigenvalue weighted by Gasteiger charge is 2.11. The second-order valence-corrected chi connectivity index (χ2v) is 6.56. The molecule has 0 saturated carbocycles. The first-order valence-electron chi connectivity index (χ1n) is 8.10. The average Bonchev–Trinajstić information content (AvgIpc) is 3.23. The predicted octanol–water partition coefficient (Wildman–Crippen LogP) is 4.84. The lowest BCUT2D eigenvalue weighted by atomic mass is 10.2. The summed E-state index contributed by atoms with van der Waals surface area (Å²) in [5, 5.41) is 9.79. The molecule has 4 rings (SSSR count). The highest BCUT2D eigenvalue weighted by Crippen LogP contribution is 2.35. The van der Waals surface area contributed by atoms with Crippen LogP contribution < -0.4 is 10.1 Å². The third-order valence-electron chi connectivity index (χ3n) is 3.87. The van der Waals surface area contributed by atoms with E-state index < -0.39 is 0 Å². The number of pyridine rings is 1. The van der Waals surface area contributed by atoms with Crippen LogP contribution in [0.1, 0.15) is 6.92 Å². The average molecular weight is 350 g/mol. The standard InChI is InChI=1S/C19H18N4OS/c1-3-24-17-7-5-4-6-15(17)21-16-12-25-18-9-8-14(22-19(16)18)13-10-20-23(2)11-13/h4-12,21H,3H2,1-2H3. The largest absolute Gasteiger partial charge is 0.492 e. The number of nitrogens with zero attached hydrogens (tertiary/aromatic N) is 3. The van der Waals surface area contributed by atoms with Gasteiger partial charge in [0.05, 0.1) is 34.6 Å². The van der Waals surface area contributed by atoms with Crippen molar-refractivity contribution in [3.8, 4) is 17.0 Å². The van der Waals surface area contributed by atoms with Crippen molar-refractivity contribution in [1.29, 1.82) is 0 Å². The fourth-order valence-corrected chi connectivity index (χ4v) is 3.54. The molecule has 25 heavy (non-hydrogen) atoms. The number of para-hydroxylation sites is 2. The molecule has 0 amide bonds. The van der Waals surface area contributed by atoms with Gasteiger partial charge in [-0.25, -0.2) is 4.98 Å². The van der Waals surface area contributed by atoms with Gasteiger partial charge in [-0.2, -0.15) is 5.10 Å². The van der Waals surface area contributed by atoms with Gasteiger partial charge in [-0.05, 0) is 31.2 Å². The van der Waals surface area contributed by atoms with E-state index in [1.807, 2.05) is 56.7 Å². The minimum absolute atomic E-state index is 0.631. The minimum Gasteiger partial charge on any atom is -0.492 e. The molecule has 5 nitrogen and oxygen atoms in total. The Morgan fingerprint density at radius 3 is 2.84 bits per heavy atom. The molecule has 0 saturated heterocycles. The number of fused-ring (bicyclic) bond motifs is 1. The number of aromatic nitrogens is 3. The third kappa shape index (κ3) is 3.08. The van der Waals surface area contributed by atoms with E-state index in [1.165, 1.54) is 0 Å². The molecule has 0 bridgehead atoms. The van der Waals surface area contributed by atoms with Crippen LogP contribution in [-0.4, -0.2) is 21.4 Å². The number of anilines is 2. The Morgan fingerprint density at radius 1 is 1.16 bits per heavy atom. The van der Waals surface area contributed by atoms with Crippen molar-refractivity contribution in [2.24, 2.45) is 7.05 Å². The van der Waals surface area contributed by atoms with E-state index in [9.17, 15) is 0 Å². The van der Waals surface area contributed by atoms with Crippen LogP contribution in [0.3, 0.4) is 0 Å². The fraction of sp³-hybridized carbons (Fsp3) is 0.158. The van der Waals surface area contributed by atoms with Crippen molar-refractivity contribution in [3.63, 3.8) is 0 Å². The maximum atomic E-state index is 5.70. The normalized spacial score (nSPS) is 11.0. The highest BCUT2D eigenvalue weighted by atomic mass is 32.1. The molecule has 0 atom stereocenters. The van der Waals surface area contributed by atoms with Gasteiger partial charge < -0.3 is 10.1 Å². The maximum Gasteiger partial charge on any atom is 0.142 e. The lowest BCUT2D eigenvalue weighted by Gasteiger charge is -2.11. The number of rotatable bonds is 5. The molecule has 0 aliphatic heterocycles. The minimum atomic E-state index is 0.631. The van der Waals surface area contributed by atoms with Gasteiger partial charge in [0.1, 0.15) is 11.3 Å². The molecule has 0 aliphatic carbocycles. The summed E-state index contributed by atoms with van der Waals surface area (Å²) >= 11 is 1.67. The van der Waals surface area contributed by atoms with E-state index >= 15 is 0 Å². The molecule has 1 aromatic carbocycles. The summed E-state index contributed by atoms with van der Waals surface area (Å²) in [4.78, 5) is 4.84. The van der Waals surface area contributed by atoms with Crippen LogP contribution in [0.15, 0.2) is 54.2 Å². The molecule has 3 heterocycles. The molecule has 0 fully saturated rings. The lowest BCUT2D eigenvalue weighted by Crippen LogP contribution is -1.97. The number of hydrogen-bond donors (Lipinski definition) is 1. The summed E-state index contributed by atoms with van der Waals surface area (Å²) in [6.45, 7) is 2.62. The van der Waals surface area contributed by atoms with E-state index in [0.717, 1.165) is 38.6 Å². The van der Waals surface area contributed by atoms with Gasteiger partial charge >= 0.3 is 0 Å². The number of ether oxygens (including phenoxy) is 1. The Morgan fingerprint density at radius 2 is 2.04 bits per heavy atom. The number of nitrogens with one attached hydrogen (secondary N) is 1. The molecule has 3 aromatic heterocycles. The quantitative estimate of drug-likeness (QED) is 0.559. The summed E-state index contributed by atoms with van der Waals surface area (Å²) in [5.74, 6) is 0.841. The Bertz CT molecular complexity index is 1020. The lowest BCUT2D eigenvalue weighted by molar-refractivity contribution is 0.342. The van der Waals surface area contributed by atoms with Crippen molar-refractivity contribution in [2.75, 3.05) is 11.9 Å². The van der Waals surface area contributed by atoms with E-state index in [2.05, 4.69) is 21.9 Å². The number of benzene rings is 1. The van der Waals surface area contributed by atoms with Gasteiger partial charge in [0.15, 0.2) is 0 Å². The number of hydrogen-bond acceptors (Lipinski definition) is 5. The van der Waals surface area contributed by atoms with Crippen LogP contribution in [0.5, 0.6) is 5.75 Å². The smallest absolute Gasteiger partial charge is 0.142 e. The van der Waals surface area contributed by atoms with E-state index in [1.54, 1.807) is 16.0 Å². The molecule has 126 valence electrons. The molecule has 1 N–H and O–H groups in total. The van der Waals surface area contributed by atoms with Crippen LogP contribution in [0.25, 0.3) is 21.5 Å². The van der Waals surface area contributed by atoms with Crippen molar-refractivity contribution >= 4 is 32.9 Å². The monoisotopic (exact) mass is 350 g/mol. The molecule has 0 aliphatic rings. The SMILES string of the molecule is CCOc1ccccc1Nc1csc2ccc(-c3cnn(C)c3)nc12. The summed E-state index contributed by atoms with van der Waals surface area (Å²) in [6.07, 6.45) is 3.80. The van der Waals surface area contributed by atoms with Crippen LogP contribution in [0, 0.1) is 0 Å². The Hall–Kier alpha value is -2.86. The van der Waals surface area contributed by atoms with Gasteiger partial charge in [-0.3, -0.25) is 4.68 Å². The van der Waals surface area contributed by atoms with Crippen molar-refractivity contribution in [1.82, 2.24) is 14.8 Å². The predicted molar refractivity (Wildman–Crippen MR) is 103 cm³/mol.